The van der Waals surface area contributed by atoms with Crippen molar-refractivity contribution >= 4 is 34.1 Å². The van der Waals surface area contributed by atoms with E-state index >= 15 is 0 Å². The second-order valence-corrected chi connectivity index (χ2v) is 11.7. The summed E-state index contributed by atoms with van der Waals surface area (Å²) in [6.45, 7) is 4.00. The summed E-state index contributed by atoms with van der Waals surface area (Å²) < 4.78 is 0. The van der Waals surface area contributed by atoms with Crippen LogP contribution in [0.3, 0.4) is 0 Å². The van der Waals surface area contributed by atoms with Crippen LogP contribution in [0.4, 0.5) is 34.1 Å². The SMILES string of the molecule is Cc1cc(N2c3ccccc3C3(c4ccccc42)c2ccccc2N(c2ccc(C#N)c(C)c2)c2ccccc23)ccc1C#N. The van der Waals surface area contributed by atoms with Crippen molar-refractivity contribution in [2.24, 2.45) is 0 Å². The highest BCUT2D eigenvalue weighted by atomic mass is 15.2. The van der Waals surface area contributed by atoms with Crippen molar-refractivity contribution in [1.82, 2.24) is 0 Å². The van der Waals surface area contributed by atoms with E-state index in [1.54, 1.807) is 0 Å². The summed E-state index contributed by atoms with van der Waals surface area (Å²) in [5.41, 5.74) is 13.9. The number of nitriles is 2. The molecule has 1 spiro atoms. The molecule has 2 heterocycles. The number of hydrogen-bond donors (Lipinski definition) is 0. The summed E-state index contributed by atoms with van der Waals surface area (Å²) in [5, 5.41) is 19.3. The van der Waals surface area contributed by atoms with Gasteiger partial charge in [0.1, 0.15) is 0 Å². The summed E-state index contributed by atoms with van der Waals surface area (Å²) in [7, 11) is 0. The van der Waals surface area contributed by atoms with E-state index < -0.39 is 5.41 Å². The summed E-state index contributed by atoms with van der Waals surface area (Å²) in [4.78, 5) is 4.68. The van der Waals surface area contributed by atoms with Crippen LogP contribution >= 0.6 is 0 Å². The molecule has 0 bridgehead atoms. The number of anilines is 6. The molecule has 0 aliphatic carbocycles. The maximum atomic E-state index is 9.65. The van der Waals surface area contributed by atoms with Gasteiger partial charge in [0.2, 0.25) is 0 Å². The predicted molar refractivity (Wildman–Crippen MR) is 180 cm³/mol. The van der Waals surface area contributed by atoms with E-state index in [0.29, 0.717) is 11.1 Å². The highest BCUT2D eigenvalue weighted by Crippen LogP contribution is 2.63. The van der Waals surface area contributed by atoms with Crippen LogP contribution in [-0.2, 0) is 5.41 Å². The number of rotatable bonds is 2. The van der Waals surface area contributed by atoms with Gasteiger partial charge in [-0.3, -0.25) is 0 Å². The Bertz CT molecular complexity index is 1990. The van der Waals surface area contributed by atoms with Crippen molar-refractivity contribution in [3.63, 3.8) is 0 Å². The molecule has 0 fully saturated rings. The molecule has 45 heavy (non-hydrogen) atoms. The molecule has 8 rings (SSSR count). The van der Waals surface area contributed by atoms with Gasteiger partial charge in [0, 0.05) is 11.4 Å². The van der Waals surface area contributed by atoms with Crippen molar-refractivity contribution in [2.45, 2.75) is 19.3 Å². The molecule has 6 aromatic carbocycles. The Morgan fingerprint density at radius 1 is 0.444 bits per heavy atom. The van der Waals surface area contributed by atoms with E-state index in [1.807, 2.05) is 26.0 Å². The number of hydrogen-bond acceptors (Lipinski definition) is 4. The Kier molecular flexibility index (Phi) is 5.88. The van der Waals surface area contributed by atoms with E-state index in [9.17, 15) is 10.5 Å². The zero-order valence-electron chi connectivity index (χ0n) is 25.0. The Labute approximate surface area is 263 Å². The first-order valence-electron chi connectivity index (χ1n) is 15.1. The second kappa shape index (κ2) is 9.98. The van der Waals surface area contributed by atoms with Crippen molar-refractivity contribution < 1.29 is 0 Å². The number of fused-ring (bicyclic) bond motifs is 8. The molecule has 6 aromatic rings. The van der Waals surface area contributed by atoms with Gasteiger partial charge in [0.05, 0.1) is 51.4 Å². The van der Waals surface area contributed by atoms with Crippen LogP contribution in [0.15, 0.2) is 133 Å². The molecule has 0 unspecified atom stereocenters. The number of benzene rings is 6. The summed E-state index contributed by atoms with van der Waals surface area (Å²) in [5.74, 6) is 0. The number of nitrogens with zero attached hydrogens (tertiary/aromatic N) is 4. The van der Waals surface area contributed by atoms with E-state index in [1.165, 1.54) is 22.3 Å². The van der Waals surface area contributed by atoms with Gasteiger partial charge in [-0.05, 0) is 108 Å². The standard InChI is InChI=1S/C41H28N4/c1-27-23-31(21-19-29(27)25-42)44-37-15-7-3-11-33(37)41(34-12-4-8-16-38(34)44)35-13-5-9-17-39(35)45(40-18-10-6-14-36(40)41)32-22-20-30(26-43)28(2)24-32/h3-24H,1-2H3. The van der Waals surface area contributed by atoms with Crippen LogP contribution in [0.2, 0.25) is 0 Å². The lowest BCUT2D eigenvalue weighted by molar-refractivity contribution is 0.718. The van der Waals surface area contributed by atoms with Crippen LogP contribution < -0.4 is 9.80 Å². The van der Waals surface area contributed by atoms with Gasteiger partial charge < -0.3 is 9.80 Å². The minimum Gasteiger partial charge on any atom is -0.310 e. The highest BCUT2D eigenvalue weighted by molar-refractivity contribution is 5.96. The normalized spacial score (nSPS) is 13.6. The third-order valence-corrected chi connectivity index (χ3v) is 9.37. The molecule has 0 saturated heterocycles. The van der Waals surface area contributed by atoms with Gasteiger partial charge >= 0.3 is 0 Å². The average Bonchev–Trinajstić information content (AvgIpc) is 3.08. The fourth-order valence-corrected chi connectivity index (χ4v) is 7.45. The summed E-state index contributed by atoms with van der Waals surface area (Å²) in [6, 6.07) is 51.7. The minimum atomic E-state index is -0.601. The monoisotopic (exact) mass is 576 g/mol. The van der Waals surface area contributed by atoms with Crippen LogP contribution in [0.1, 0.15) is 44.5 Å². The van der Waals surface area contributed by atoms with Crippen LogP contribution in [0, 0.1) is 36.5 Å². The molecule has 0 aromatic heterocycles. The fourth-order valence-electron chi connectivity index (χ4n) is 7.45. The lowest BCUT2D eigenvalue weighted by Crippen LogP contribution is -2.41. The van der Waals surface area contributed by atoms with E-state index in [2.05, 4.69) is 143 Å². The van der Waals surface area contributed by atoms with E-state index in [4.69, 9.17) is 0 Å². The maximum Gasteiger partial charge on any atom is 0.0994 e. The predicted octanol–water partition coefficient (Wildman–Crippen LogP) is 10.00. The molecule has 0 saturated carbocycles. The molecular weight excluding hydrogens is 548 g/mol. The maximum absolute atomic E-state index is 9.65. The quantitative estimate of drug-likeness (QED) is 0.205. The Morgan fingerprint density at radius 3 is 1.04 bits per heavy atom. The van der Waals surface area contributed by atoms with Crippen molar-refractivity contribution in [3.05, 3.63) is 178 Å². The number of aryl methyl sites for hydroxylation is 2. The number of para-hydroxylation sites is 4. The van der Waals surface area contributed by atoms with E-state index in [0.717, 1.165) is 45.3 Å². The Morgan fingerprint density at radius 2 is 0.756 bits per heavy atom. The lowest BCUT2D eigenvalue weighted by atomic mass is 9.60. The van der Waals surface area contributed by atoms with E-state index in [-0.39, 0.29) is 0 Å². The summed E-state index contributed by atoms with van der Waals surface area (Å²) >= 11 is 0. The van der Waals surface area contributed by atoms with Gasteiger partial charge in [0.15, 0.2) is 0 Å². The zero-order chi connectivity index (χ0) is 30.7. The first kappa shape index (κ1) is 26.5. The smallest absolute Gasteiger partial charge is 0.0994 e. The average molecular weight is 577 g/mol. The molecule has 212 valence electrons. The molecule has 2 aliphatic rings. The zero-order valence-corrected chi connectivity index (χ0v) is 25.0. The van der Waals surface area contributed by atoms with Crippen LogP contribution in [0.5, 0.6) is 0 Å². The van der Waals surface area contributed by atoms with Gasteiger partial charge in [-0.25, -0.2) is 0 Å². The largest absolute Gasteiger partial charge is 0.310 e. The fraction of sp³-hybridized carbons (Fsp3) is 0.0732. The van der Waals surface area contributed by atoms with Crippen molar-refractivity contribution in [1.29, 1.82) is 10.5 Å². The molecule has 0 radical (unpaired) electrons. The highest BCUT2D eigenvalue weighted by Gasteiger charge is 2.51. The van der Waals surface area contributed by atoms with Crippen molar-refractivity contribution in [3.8, 4) is 12.1 Å². The molecule has 4 heteroatoms. The molecule has 0 N–H and O–H groups in total. The molecule has 0 amide bonds. The van der Waals surface area contributed by atoms with Gasteiger partial charge in [-0.1, -0.05) is 72.8 Å². The van der Waals surface area contributed by atoms with Gasteiger partial charge in [-0.2, -0.15) is 10.5 Å². The molecule has 4 nitrogen and oxygen atoms in total. The Hall–Kier alpha value is -6.10. The van der Waals surface area contributed by atoms with Gasteiger partial charge in [-0.15, -0.1) is 0 Å². The van der Waals surface area contributed by atoms with Crippen molar-refractivity contribution in [2.75, 3.05) is 9.80 Å². The van der Waals surface area contributed by atoms with Gasteiger partial charge in [0.25, 0.3) is 0 Å². The van der Waals surface area contributed by atoms with Crippen LogP contribution in [-0.4, -0.2) is 0 Å². The lowest BCUT2D eigenvalue weighted by Gasteiger charge is -2.51. The minimum absolute atomic E-state index is 0.601. The topological polar surface area (TPSA) is 54.1 Å². The molecule has 0 atom stereocenters. The first-order chi connectivity index (χ1) is 22.1. The first-order valence-corrected chi connectivity index (χ1v) is 15.1. The Balaban J connectivity index is 1.47. The molecular formula is C41H28N4. The third-order valence-electron chi connectivity index (χ3n) is 9.37. The molecule has 2 aliphatic heterocycles. The second-order valence-electron chi connectivity index (χ2n) is 11.7. The van der Waals surface area contributed by atoms with Crippen LogP contribution in [0.25, 0.3) is 0 Å². The summed E-state index contributed by atoms with van der Waals surface area (Å²) in [6.07, 6.45) is 0. The third kappa shape index (κ3) is 3.64.